The number of benzene rings is 1. The zero-order valence-electron chi connectivity index (χ0n) is 10.9. The minimum Gasteiger partial charge on any atom is -0.482 e. The molecule has 3 rings (SSSR count). The molecular formula is C15H17NO2. The molecule has 0 fully saturated rings. The molecule has 2 heterocycles. The van der Waals surface area contributed by atoms with Crippen LogP contribution in [0.3, 0.4) is 0 Å². The third kappa shape index (κ3) is 1.86. The lowest BCUT2D eigenvalue weighted by molar-refractivity contribution is 0.208. The number of aryl methyl sites for hydroxylation is 3. The summed E-state index contributed by atoms with van der Waals surface area (Å²) >= 11 is 0. The summed E-state index contributed by atoms with van der Waals surface area (Å²) in [6, 6.07) is 8.27. The van der Waals surface area contributed by atoms with E-state index in [-0.39, 0.29) is 6.10 Å². The summed E-state index contributed by atoms with van der Waals surface area (Å²) in [7, 11) is 0. The van der Waals surface area contributed by atoms with E-state index in [4.69, 9.17) is 9.15 Å². The highest BCUT2D eigenvalue weighted by Crippen LogP contribution is 2.36. The quantitative estimate of drug-likeness (QED) is 0.828. The maximum atomic E-state index is 6.07. The summed E-state index contributed by atoms with van der Waals surface area (Å²) in [4.78, 5) is 0. The van der Waals surface area contributed by atoms with E-state index in [1.165, 1.54) is 5.56 Å². The fourth-order valence-corrected chi connectivity index (χ4v) is 2.41. The number of fused-ring (bicyclic) bond motifs is 1. The van der Waals surface area contributed by atoms with E-state index in [0.717, 1.165) is 35.1 Å². The second kappa shape index (κ2) is 4.09. The van der Waals surface area contributed by atoms with E-state index < -0.39 is 0 Å². The Bertz CT molecular complexity index is 586. The molecule has 1 atom stereocenters. The van der Waals surface area contributed by atoms with Crippen LogP contribution in [-0.2, 0) is 0 Å². The van der Waals surface area contributed by atoms with E-state index >= 15 is 0 Å². The van der Waals surface area contributed by atoms with Crippen molar-refractivity contribution >= 4 is 5.69 Å². The number of nitrogens with one attached hydrogen (secondary N) is 1. The van der Waals surface area contributed by atoms with Gasteiger partial charge in [-0.05, 0) is 44.5 Å². The molecule has 0 aliphatic carbocycles. The highest BCUT2D eigenvalue weighted by molar-refractivity contribution is 5.59. The number of rotatable bonds is 1. The lowest BCUT2D eigenvalue weighted by Crippen LogP contribution is -2.23. The smallest absolute Gasteiger partial charge is 0.144 e. The number of furan rings is 1. The summed E-state index contributed by atoms with van der Waals surface area (Å²) in [5, 5.41) is 3.41. The van der Waals surface area contributed by atoms with Gasteiger partial charge in [-0.1, -0.05) is 6.07 Å². The minimum atomic E-state index is 0.0248. The molecule has 0 amide bonds. The second-order valence-electron chi connectivity index (χ2n) is 4.86. The second-order valence-corrected chi connectivity index (χ2v) is 4.86. The molecule has 1 unspecified atom stereocenters. The van der Waals surface area contributed by atoms with Crippen LogP contribution in [0.25, 0.3) is 0 Å². The third-order valence-corrected chi connectivity index (χ3v) is 3.31. The SMILES string of the molecule is Cc1ccc2c(c1)OC(c1cc(C)oc1C)CN2. The van der Waals surface area contributed by atoms with Crippen LogP contribution in [-0.4, -0.2) is 6.54 Å². The van der Waals surface area contributed by atoms with Crippen molar-refractivity contribution in [1.82, 2.24) is 0 Å². The number of ether oxygens (including phenoxy) is 1. The van der Waals surface area contributed by atoms with Crippen LogP contribution in [0.15, 0.2) is 28.7 Å². The molecule has 0 bridgehead atoms. The normalized spacial score (nSPS) is 17.8. The topological polar surface area (TPSA) is 34.4 Å². The van der Waals surface area contributed by atoms with Gasteiger partial charge in [0.05, 0.1) is 12.2 Å². The Morgan fingerprint density at radius 1 is 1.17 bits per heavy atom. The van der Waals surface area contributed by atoms with Crippen molar-refractivity contribution in [2.75, 3.05) is 11.9 Å². The standard InChI is InChI=1S/C15H17NO2/c1-9-4-5-13-14(6-9)18-15(8-16-13)12-7-10(2)17-11(12)3/h4-7,15-16H,8H2,1-3H3. The molecule has 0 saturated carbocycles. The van der Waals surface area contributed by atoms with Crippen LogP contribution >= 0.6 is 0 Å². The summed E-state index contributed by atoms with van der Waals surface area (Å²) in [5.41, 5.74) is 3.40. The average Bonchev–Trinajstić information content (AvgIpc) is 2.67. The predicted molar refractivity (Wildman–Crippen MR) is 71.2 cm³/mol. The van der Waals surface area contributed by atoms with Crippen LogP contribution in [0.1, 0.15) is 28.8 Å². The molecule has 1 aromatic heterocycles. The fraction of sp³-hybridized carbons (Fsp3) is 0.333. The van der Waals surface area contributed by atoms with Crippen molar-refractivity contribution in [3.63, 3.8) is 0 Å². The zero-order valence-corrected chi connectivity index (χ0v) is 10.9. The van der Waals surface area contributed by atoms with E-state index in [1.54, 1.807) is 0 Å². The number of anilines is 1. The number of hydrogen-bond donors (Lipinski definition) is 1. The van der Waals surface area contributed by atoms with Gasteiger partial charge in [-0.15, -0.1) is 0 Å². The van der Waals surface area contributed by atoms with Crippen molar-refractivity contribution in [2.45, 2.75) is 26.9 Å². The van der Waals surface area contributed by atoms with Crippen LogP contribution in [0, 0.1) is 20.8 Å². The van der Waals surface area contributed by atoms with Crippen molar-refractivity contribution in [2.24, 2.45) is 0 Å². The van der Waals surface area contributed by atoms with Crippen LogP contribution < -0.4 is 10.1 Å². The fourth-order valence-electron chi connectivity index (χ4n) is 2.41. The monoisotopic (exact) mass is 243 g/mol. The molecule has 2 aromatic rings. The van der Waals surface area contributed by atoms with Crippen molar-refractivity contribution in [1.29, 1.82) is 0 Å². The van der Waals surface area contributed by atoms with Crippen molar-refractivity contribution < 1.29 is 9.15 Å². The maximum Gasteiger partial charge on any atom is 0.144 e. The molecule has 1 aliphatic rings. The Hall–Kier alpha value is -1.90. The average molecular weight is 243 g/mol. The molecule has 94 valence electrons. The molecule has 1 aromatic carbocycles. The first-order valence-corrected chi connectivity index (χ1v) is 6.21. The first-order valence-electron chi connectivity index (χ1n) is 6.21. The molecule has 0 spiro atoms. The largest absolute Gasteiger partial charge is 0.482 e. The first-order chi connectivity index (χ1) is 8.63. The Balaban J connectivity index is 1.92. The molecule has 18 heavy (non-hydrogen) atoms. The molecule has 0 radical (unpaired) electrons. The van der Waals surface area contributed by atoms with E-state index in [2.05, 4.69) is 36.5 Å². The molecule has 0 saturated heterocycles. The first kappa shape index (κ1) is 11.2. The van der Waals surface area contributed by atoms with Gasteiger partial charge in [0.25, 0.3) is 0 Å². The Labute approximate surface area is 107 Å². The van der Waals surface area contributed by atoms with Crippen LogP contribution in [0.5, 0.6) is 5.75 Å². The lowest BCUT2D eigenvalue weighted by Gasteiger charge is -2.27. The van der Waals surface area contributed by atoms with Gasteiger partial charge in [0.2, 0.25) is 0 Å². The van der Waals surface area contributed by atoms with E-state index in [0.29, 0.717) is 0 Å². The Morgan fingerprint density at radius 2 is 2.00 bits per heavy atom. The highest BCUT2D eigenvalue weighted by Gasteiger charge is 2.24. The molecule has 3 heteroatoms. The van der Waals surface area contributed by atoms with Crippen molar-refractivity contribution in [3.8, 4) is 5.75 Å². The molecule has 3 nitrogen and oxygen atoms in total. The van der Waals surface area contributed by atoms with Gasteiger partial charge in [-0.3, -0.25) is 0 Å². The summed E-state index contributed by atoms with van der Waals surface area (Å²) in [6.07, 6.45) is 0.0248. The van der Waals surface area contributed by atoms with Crippen LogP contribution in [0.4, 0.5) is 5.69 Å². The van der Waals surface area contributed by atoms with Gasteiger partial charge in [-0.25, -0.2) is 0 Å². The molecule has 1 aliphatic heterocycles. The highest BCUT2D eigenvalue weighted by atomic mass is 16.5. The summed E-state index contributed by atoms with van der Waals surface area (Å²) < 4.78 is 11.6. The maximum absolute atomic E-state index is 6.07. The minimum absolute atomic E-state index is 0.0248. The van der Waals surface area contributed by atoms with Gasteiger partial charge in [-0.2, -0.15) is 0 Å². The lowest BCUT2D eigenvalue weighted by atomic mass is 10.1. The number of hydrogen-bond acceptors (Lipinski definition) is 3. The van der Waals surface area contributed by atoms with Crippen molar-refractivity contribution in [3.05, 3.63) is 46.9 Å². The van der Waals surface area contributed by atoms with Crippen LogP contribution in [0.2, 0.25) is 0 Å². The van der Waals surface area contributed by atoms with E-state index in [1.807, 2.05) is 13.8 Å². The summed E-state index contributed by atoms with van der Waals surface area (Å²) in [5.74, 6) is 2.79. The Morgan fingerprint density at radius 3 is 2.72 bits per heavy atom. The Kier molecular flexibility index (Phi) is 2.54. The van der Waals surface area contributed by atoms with Gasteiger partial charge >= 0.3 is 0 Å². The predicted octanol–water partition coefficient (Wildman–Crippen LogP) is 3.75. The summed E-state index contributed by atoms with van der Waals surface area (Å²) in [6.45, 7) is 6.79. The van der Waals surface area contributed by atoms with Gasteiger partial charge in [0.1, 0.15) is 23.4 Å². The zero-order chi connectivity index (χ0) is 12.7. The van der Waals surface area contributed by atoms with E-state index in [9.17, 15) is 0 Å². The van der Waals surface area contributed by atoms with Gasteiger partial charge in [0.15, 0.2) is 0 Å². The van der Waals surface area contributed by atoms with Gasteiger partial charge in [0, 0.05) is 5.56 Å². The molecule has 1 N–H and O–H groups in total. The third-order valence-electron chi connectivity index (χ3n) is 3.31. The molecular weight excluding hydrogens is 226 g/mol. The van der Waals surface area contributed by atoms with Gasteiger partial charge < -0.3 is 14.5 Å².